The van der Waals surface area contributed by atoms with Crippen molar-refractivity contribution in [1.82, 2.24) is 9.62 Å². The third-order valence-corrected chi connectivity index (χ3v) is 5.37. The first-order chi connectivity index (χ1) is 9.55. The van der Waals surface area contributed by atoms with Crippen LogP contribution in [0, 0.1) is 0 Å². The normalized spacial score (nSPS) is 19.8. The summed E-state index contributed by atoms with van der Waals surface area (Å²) in [5.41, 5.74) is 0. The summed E-state index contributed by atoms with van der Waals surface area (Å²) in [6.07, 6.45) is 0.929. The predicted octanol–water partition coefficient (Wildman–Crippen LogP) is 1.88. The molecule has 0 saturated carbocycles. The zero-order chi connectivity index (χ0) is 14.6. The molecule has 5 nitrogen and oxygen atoms in total. The fraction of sp³-hybridized carbons (Fsp3) is 0.571. The van der Waals surface area contributed by atoms with Crippen LogP contribution in [0.2, 0.25) is 0 Å². The van der Waals surface area contributed by atoms with Gasteiger partial charge in [0.2, 0.25) is 10.0 Å². The Balaban J connectivity index is 0.00000220. The van der Waals surface area contributed by atoms with Crippen LogP contribution in [0.5, 0.6) is 5.75 Å². The molecule has 1 atom stereocenters. The molecule has 1 aromatic carbocycles. The van der Waals surface area contributed by atoms with E-state index in [1.54, 1.807) is 28.6 Å². The Kier molecular flexibility index (Phi) is 6.93. The number of nitrogens with one attached hydrogen (secondary N) is 1. The molecule has 2 rings (SSSR count). The van der Waals surface area contributed by atoms with Crippen LogP contribution in [0.4, 0.5) is 0 Å². The molecule has 1 aliphatic heterocycles. The summed E-state index contributed by atoms with van der Waals surface area (Å²) >= 11 is 0. The average Bonchev–Trinajstić information content (AvgIpc) is 2.46. The quantitative estimate of drug-likeness (QED) is 0.893. The van der Waals surface area contributed by atoms with Gasteiger partial charge in [-0.15, -0.1) is 12.4 Å². The Hall–Kier alpha value is -0.820. The van der Waals surface area contributed by atoms with Crippen molar-refractivity contribution in [3.8, 4) is 5.75 Å². The smallest absolute Gasteiger partial charge is 0.243 e. The van der Waals surface area contributed by atoms with Crippen molar-refractivity contribution in [3.63, 3.8) is 0 Å². The molecular formula is C14H23ClN2O3S. The maximum Gasteiger partial charge on any atom is 0.243 e. The maximum absolute atomic E-state index is 12.6. The molecule has 1 fully saturated rings. The first-order valence-corrected chi connectivity index (χ1v) is 8.45. The van der Waals surface area contributed by atoms with Gasteiger partial charge in [0, 0.05) is 25.7 Å². The molecule has 0 spiro atoms. The third kappa shape index (κ3) is 4.32. The minimum Gasteiger partial charge on any atom is -0.494 e. The van der Waals surface area contributed by atoms with Crippen molar-refractivity contribution in [3.05, 3.63) is 24.3 Å². The second-order valence-electron chi connectivity index (χ2n) is 4.99. The average molecular weight is 335 g/mol. The second-order valence-corrected chi connectivity index (χ2v) is 6.88. The lowest BCUT2D eigenvalue weighted by Gasteiger charge is -2.32. The Morgan fingerprint density at radius 3 is 2.57 bits per heavy atom. The highest BCUT2D eigenvalue weighted by molar-refractivity contribution is 7.89. The number of hydrogen-bond donors (Lipinski definition) is 1. The number of benzene rings is 1. The summed E-state index contributed by atoms with van der Waals surface area (Å²) in [6.45, 7) is 6.49. The molecule has 0 radical (unpaired) electrons. The summed E-state index contributed by atoms with van der Waals surface area (Å²) < 4.78 is 32.2. The first kappa shape index (κ1) is 18.2. The van der Waals surface area contributed by atoms with Crippen LogP contribution in [0.25, 0.3) is 0 Å². The van der Waals surface area contributed by atoms with Crippen molar-refractivity contribution < 1.29 is 13.2 Å². The van der Waals surface area contributed by atoms with Crippen molar-refractivity contribution in [1.29, 1.82) is 0 Å². The Morgan fingerprint density at radius 2 is 2.00 bits per heavy atom. The largest absolute Gasteiger partial charge is 0.494 e. The Morgan fingerprint density at radius 1 is 1.33 bits per heavy atom. The molecule has 0 aliphatic carbocycles. The van der Waals surface area contributed by atoms with Gasteiger partial charge in [-0.3, -0.25) is 0 Å². The molecule has 0 amide bonds. The standard InChI is InChI=1S/C14H22N2O3S.ClH/c1-3-10-19-13-4-6-14(7-5-13)20(17,18)16-9-8-15-11-12(16)2;/h4-7,12,15H,3,8-11H2,1-2H3;1H. The van der Waals surface area contributed by atoms with Crippen LogP contribution in [0.3, 0.4) is 0 Å². The predicted molar refractivity (Wildman–Crippen MR) is 85.7 cm³/mol. The minimum atomic E-state index is -3.41. The van der Waals surface area contributed by atoms with E-state index < -0.39 is 10.0 Å². The van der Waals surface area contributed by atoms with Gasteiger partial charge in [-0.1, -0.05) is 6.92 Å². The highest BCUT2D eigenvalue weighted by Gasteiger charge is 2.30. The highest BCUT2D eigenvalue weighted by Crippen LogP contribution is 2.22. The van der Waals surface area contributed by atoms with Gasteiger partial charge in [-0.25, -0.2) is 8.42 Å². The molecule has 0 bridgehead atoms. The van der Waals surface area contributed by atoms with E-state index in [0.29, 0.717) is 36.9 Å². The van der Waals surface area contributed by atoms with Crippen LogP contribution in [-0.4, -0.2) is 45.0 Å². The van der Waals surface area contributed by atoms with E-state index in [9.17, 15) is 8.42 Å². The highest BCUT2D eigenvalue weighted by atomic mass is 35.5. The van der Waals surface area contributed by atoms with Crippen LogP contribution in [0.15, 0.2) is 29.2 Å². The van der Waals surface area contributed by atoms with Gasteiger partial charge in [-0.2, -0.15) is 4.31 Å². The topological polar surface area (TPSA) is 58.6 Å². The van der Waals surface area contributed by atoms with Crippen LogP contribution in [0.1, 0.15) is 20.3 Å². The lowest BCUT2D eigenvalue weighted by Crippen LogP contribution is -2.52. The monoisotopic (exact) mass is 334 g/mol. The maximum atomic E-state index is 12.6. The van der Waals surface area contributed by atoms with E-state index >= 15 is 0 Å². The molecular weight excluding hydrogens is 312 g/mol. The van der Waals surface area contributed by atoms with Crippen LogP contribution in [-0.2, 0) is 10.0 Å². The molecule has 21 heavy (non-hydrogen) atoms. The molecule has 7 heteroatoms. The van der Waals surface area contributed by atoms with E-state index in [4.69, 9.17) is 4.74 Å². The van der Waals surface area contributed by atoms with E-state index in [1.807, 2.05) is 13.8 Å². The van der Waals surface area contributed by atoms with E-state index in [-0.39, 0.29) is 18.4 Å². The van der Waals surface area contributed by atoms with Gasteiger partial charge >= 0.3 is 0 Å². The van der Waals surface area contributed by atoms with Gasteiger partial charge in [0.15, 0.2) is 0 Å². The van der Waals surface area contributed by atoms with Crippen molar-refractivity contribution in [2.24, 2.45) is 0 Å². The first-order valence-electron chi connectivity index (χ1n) is 7.01. The number of nitrogens with zero attached hydrogens (tertiary/aromatic N) is 1. The summed E-state index contributed by atoms with van der Waals surface area (Å²) in [7, 11) is -3.41. The fourth-order valence-corrected chi connectivity index (χ4v) is 3.87. The molecule has 0 aromatic heterocycles. The van der Waals surface area contributed by atoms with E-state index in [1.165, 1.54) is 0 Å². The van der Waals surface area contributed by atoms with E-state index in [2.05, 4.69) is 5.32 Å². The Labute approximate surface area is 133 Å². The van der Waals surface area contributed by atoms with Crippen molar-refractivity contribution in [2.45, 2.75) is 31.2 Å². The second kappa shape index (κ2) is 7.98. The summed E-state index contributed by atoms with van der Waals surface area (Å²) in [6, 6.07) is 6.65. The fourth-order valence-electron chi connectivity index (χ4n) is 2.24. The van der Waals surface area contributed by atoms with Gasteiger partial charge in [0.25, 0.3) is 0 Å². The van der Waals surface area contributed by atoms with Crippen molar-refractivity contribution >= 4 is 22.4 Å². The number of rotatable bonds is 5. The minimum absolute atomic E-state index is 0. The number of halogens is 1. The molecule has 1 aliphatic rings. The molecule has 120 valence electrons. The number of hydrogen-bond acceptors (Lipinski definition) is 4. The lowest BCUT2D eigenvalue weighted by molar-refractivity contribution is 0.284. The van der Waals surface area contributed by atoms with E-state index in [0.717, 1.165) is 6.42 Å². The molecule has 1 N–H and O–H groups in total. The zero-order valence-corrected chi connectivity index (χ0v) is 14.0. The summed E-state index contributed by atoms with van der Waals surface area (Å²) in [5.74, 6) is 0.708. The molecule has 1 aromatic rings. The van der Waals surface area contributed by atoms with Gasteiger partial charge in [0.05, 0.1) is 11.5 Å². The molecule has 1 unspecified atom stereocenters. The number of sulfonamides is 1. The van der Waals surface area contributed by atoms with Crippen LogP contribution < -0.4 is 10.1 Å². The number of ether oxygens (including phenoxy) is 1. The number of piperazine rings is 1. The van der Waals surface area contributed by atoms with Crippen LogP contribution >= 0.6 is 12.4 Å². The summed E-state index contributed by atoms with van der Waals surface area (Å²) in [5, 5.41) is 3.19. The zero-order valence-electron chi connectivity index (χ0n) is 12.4. The SMILES string of the molecule is CCCOc1ccc(S(=O)(=O)N2CCNCC2C)cc1.Cl. The third-order valence-electron chi connectivity index (χ3n) is 3.34. The Bertz CT molecular complexity index is 534. The summed E-state index contributed by atoms with van der Waals surface area (Å²) in [4.78, 5) is 0.329. The van der Waals surface area contributed by atoms with Crippen molar-refractivity contribution in [2.75, 3.05) is 26.2 Å². The van der Waals surface area contributed by atoms with Gasteiger partial charge in [-0.05, 0) is 37.6 Å². The van der Waals surface area contributed by atoms with Gasteiger partial charge in [0.1, 0.15) is 5.75 Å². The van der Waals surface area contributed by atoms with Gasteiger partial charge < -0.3 is 10.1 Å². The molecule has 1 heterocycles. The lowest BCUT2D eigenvalue weighted by atomic mass is 10.3. The molecule has 1 saturated heterocycles.